The van der Waals surface area contributed by atoms with E-state index in [-0.39, 0.29) is 5.60 Å². The fraction of sp³-hybridized carbons (Fsp3) is 0.929. The van der Waals surface area contributed by atoms with E-state index in [0.29, 0.717) is 0 Å². The number of hydrogen-bond donors (Lipinski definition) is 0. The van der Waals surface area contributed by atoms with Crippen LogP contribution in [0, 0.1) is 0 Å². The van der Waals surface area contributed by atoms with E-state index < -0.39 is 0 Å². The van der Waals surface area contributed by atoms with Crippen molar-refractivity contribution in [3.05, 3.63) is 12.2 Å². The third-order valence-corrected chi connectivity index (χ3v) is 6.49. The summed E-state index contributed by atoms with van der Waals surface area (Å²) < 4.78 is 5.93. The summed E-state index contributed by atoms with van der Waals surface area (Å²) in [6, 6.07) is 0. The van der Waals surface area contributed by atoms with E-state index in [1.165, 1.54) is 128 Å². The third kappa shape index (κ3) is 20.7. The van der Waals surface area contributed by atoms with Crippen molar-refractivity contribution >= 4 is 0 Å². The minimum Gasteiger partial charge on any atom is -0.371 e. The van der Waals surface area contributed by atoms with E-state index >= 15 is 0 Å². The lowest BCUT2D eigenvalue weighted by Crippen LogP contribution is -2.25. The highest BCUT2D eigenvalue weighted by Gasteiger charge is 2.18. The summed E-state index contributed by atoms with van der Waals surface area (Å²) in [6.07, 6.45) is 28.6. The van der Waals surface area contributed by atoms with Crippen LogP contribution in [0.25, 0.3) is 0 Å². The molecule has 1 nitrogen and oxygen atoms in total. The first-order chi connectivity index (χ1) is 14.0. The monoisotopic (exact) mass is 408 g/mol. The predicted octanol–water partition coefficient (Wildman–Crippen LogP) is 10.2. The van der Waals surface area contributed by atoms with E-state index in [1.807, 2.05) is 0 Å². The minimum absolute atomic E-state index is 0.159. The summed E-state index contributed by atoms with van der Waals surface area (Å²) in [7, 11) is 0. The van der Waals surface area contributed by atoms with Gasteiger partial charge in [-0.15, -0.1) is 0 Å². The lowest BCUT2D eigenvalue weighted by molar-refractivity contribution is 0.00897. The quantitative estimate of drug-likeness (QED) is 0.121. The van der Waals surface area contributed by atoms with Crippen LogP contribution in [0.4, 0.5) is 0 Å². The van der Waals surface area contributed by atoms with Gasteiger partial charge in [-0.3, -0.25) is 0 Å². The van der Waals surface area contributed by atoms with Crippen LogP contribution in [0.5, 0.6) is 0 Å². The molecule has 0 N–H and O–H groups in total. The molecule has 0 atom stereocenters. The maximum absolute atomic E-state index is 5.93. The Morgan fingerprint density at radius 2 is 0.828 bits per heavy atom. The van der Waals surface area contributed by atoms with Crippen molar-refractivity contribution in [2.45, 2.75) is 162 Å². The van der Waals surface area contributed by atoms with E-state index in [4.69, 9.17) is 4.74 Å². The third-order valence-electron chi connectivity index (χ3n) is 6.49. The van der Waals surface area contributed by atoms with Gasteiger partial charge in [0.05, 0.1) is 5.60 Å². The first-order valence-electron chi connectivity index (χ1n) is 13.3. The van der Waals surface area contributed by atoms with Gasteiger partial charge in [-0.25, -0.2) is 0 Å². The lowest BCUT2D eigenvalue weighted by atomic mass is 10.0. The van der Waals surface area contributed by atoms with Crippen molar-refractivity contribution in [2.75, 3.05) is 6.61 Å². The maximum Gasteiger partial charge on any atom is 0.0830 e. The molecule has 0 saturated carbocycles. The molecule has 0 rings (SSSR count). The fourth-order valence-electron chi connectivity index (χ4n) is 3.81. The van der Waals surface area contributed by atoms with Crippen LogP contribution in [0.15, 0.2) is 12.2 Å². The van der Waals surface area contributed by atoms with Gasteiger partial charge >= 0.3 is 0 Å². The highest BCUT2D eigenvalue weighted by atomic mass is 16.5. The van der Waals surface area contributed by atoms with Crippen molar-refractivity contribution in [1.29, 1.82) is 0 Å². The zero-order chi connectivity index (χ0) is 21.6. The molecule has 0 saturated heterocycles. The smallest absolute Gasteiger partial charge is 0.0830 e. The zero-order valence-electron chi connectivity index (χ0n) is 21.0. The molecular formula is C28H56O. The fourth-order valence-corrected chi connectivity index (χ4v) is 3.81. The van der Waals surface area contributed by atoms with Crippen molar-refractivity contribution in [3.63, 3.8) is 0 Å². The van der Waals surface area contributed by atoms with Crippen molar-refractivity contribution < 1.29 is 4.74 Å². The van der Waals surface area contributed by atoms with Crippen LogP contribution in [-0.4, -0.2) is 12.2 Å². The van der Waals surface area contributed by atoms with Gasteiger partial charge in [0, 0.05) is 6.61 Å². The molecule has 0 radical (unpaired) electrons. The summed E-state index contributed by atoms with van der Waals surface area (Å²) in [5.41, 5.74) is 0.958. The molecule has 0 aliphatic rings. The molecule has 0 bridgehead atoms. The molecule has 0 aromatic carbocycles. The first kappa shape index (κ1) is 28.7. The van der Waals surface area contributed by atoms with Crippen LogP contribution in [0.3, 0.4) is 0 Å². The highest BCUT2D eigenvalue weighted by Crippen LogP contribution is 2.19. The summed E-state index contributed by atoms with van der Waals surface area (Å²) in [5.74, 6) is 0. The second-order valence-electron chi connectivity index (χ2n) is 9.86. The molecule has 0 aromatic rings. The molecule has 1 heteroatoms. The van der Waals surface area contributed by atoms with Gasteiger partial charge in [0.15, 0.2) is 0 Å². The largest absolute Gasteiger partial charge is 0.371 e. The van der Waals surface area contributed by atoms with E-state index in [0.717, 1.165) is 12.2 Å². The van der Waals surface area contributed by atoms with Gasteiger partial charge in [0.25, 0.3) is 0 Å². The topological polar surface area (TPSA) is 9.23 Å². The normalized spacial score (nSPS) is 11.9. The van der Waals surface area contributed by atoms with Crippen LogP contribution < -0.4 is 0 Å². The number of unbranched alkanes of at least 4 members (excludes halogenated alkanes) is 19. The Bertz CT molecular complexity index is 344. The van der Waals surface area contributed by atoms with Gasteiger partial charge < -0.3 is 4.74 Å². The Hall–Kier alpha value is -0.300. The van der Waals surface area contributed by atoms with E-state index in [1.54, 1.807) is 0 Å². The molecule has 0 aliphatic carbocycles. The first-order valence-corrected chi connectivity index (χ1v) is 13.3. The number of rotatable bonds is 23. The van der Waals surface area contributed by atoms with Crippen molar-refractivity contribution in [2.24, 2.45) is 0 Å². The van der Waals surface area contributed by atoms with Crippen LogP contribution in [-0.2, 0) is 4.74 Å². The Balaban J connectivity index is 3.11. The Morgan fingerprint density at radius 1 is 0.552 bits per heavy atom. The SMILES string of the molecule is C=C(C)C(C)(C)OCCCCCCCCCCCCCCCCCCCCCC. The van der Waals surface area contributed by atoms with Crippen LogP contribution >= 0.6 is 0 Å². The molecular weight excluding hydrogens is 352 g/mol. The molecule has 0 spiro atoms. The van der Waals surface area contributed by atoms with Crippen LogP contribution in [0.2, 0.25) is 0 Å². The van der Waals surface area contributed by atoms with E-state index in [9.17, 15) is 0 Å². The number of ether oxygens (including phenoxy) is 1. The Kier molecular flexibility index (Phi) is 20.7. The molecule has 174 valence electrons. The molecule has 29 heavy (non-hydrogen) atoms. The van der Waals surface area contributed by atoms with Crippen molar-refractivity contribution in [1.82, 2.24) is 0 Å². The maximum atomic E-state index is 5.93. The average molecular weight is 409 g/mol. The molecule has 0 heterocycles. The zero-order valence-corrected chi connectivity index (χ0v) is 21.0. The minimum atomic E-state index is -0.159. The van der Waals surface area contributed by atoms with Crippen LogP contribution in [0.1, 0.15) is 156 Å². The summed E-state index contributed by atoms with van der Waals surface area (Å²) in [4.78, 5) is 0. The highest BCUT2D eigenvalue weighted by molar-refractivity contribution is 5.05. The second-order valence-corrected chi connectivity index (χ2v) is 9.86. The molecule has 0 fully saturated rings. The summed E-state index contributed by atoms with van der Waals surface area (Å²) in [6.45, 7) is 13.5. The second kappa shape index (κ2) is 21.0. The van der Waals surface area contributed by atoms with E-state index in [2.05, 4.69) is 34.3 Å². The molecule has 0 aliphatic heterocycles. The summed E-state index contributed by atoms with van der Waals surface area (Å²) in [5, 5.41) is 0. The molecule has 0 aromatic heterocycles. The van der Waals surface area contributed by atoms with Gasteiger partial charge in [0.2, 0.25) is 0 Å². The summed E-state index contributed by atoms with van der Waals surface area (Å²) >= 11 is 0. The standard InChI is InChI=1S/C28H56O/c1-6-7-8-9-10-11-12-13-14-15-16-17-18-19-20-21-22-23-24-25-26-29-28(4,5)27(2)3/h2,6-26H2,1,3-5H3. The molecule has 0 amide bonds. The molecule has 0 unspecified atom stereocenters. The van der Waals surface area contributed by atoms with Gasteiger partial charge in [-0.05, 0) is 32.8 Å². The Morgan fingerprint density at radius 3 is 1.10 bits per heavy atom. The number of hydrogen-bond acceptors (Lipinski definition) is 1. The predicted molar refractivity (Wildman–Crippen MR) is 133 cm³/mol. The van der Waals surface area contributed by atoms with Gasteiger partial charge in [-0.1, -0.05) is 135 Å². The average Bonchev–Trinajstić information content (AvgIpc) is 2.69. The Labute approximate surface area is 185 Å². The van der Waals surface area contributed by atoms with Gasteiger partial charge in [-0.2, -0.15) is 0 Å². The van der Waals surface area contributed by atoms with Crippen molar-refractivity contribution in [3.8, 4) is 0 Å². The lowest BCUT2D eigenvalue weighted by Gasteiger charge is -2.25. The van der Waals surface area contributed by atoms with Gasteiger partial charge in [0.1, 0.15) is 0 Å².